The first-order valence-electron chi connectivity index (χ1n) is 28.1. The number of rotatable bonds is 50. The molecule has 67 heavy (non-hydrogen) atoms. The smallest absolute Gasteiger partial charge is 0.306 e. The quantitative estimate of drug-likeness (QED) is 0.0262. The van der Waals surface area contributed by atoms with Crippen LogP contribution in [0, 0.1) is 0 Å². The van der Waals surface area contributed by atoms with Gasteiger partial charge in [0.05, 0.1) is 0 Å². The van der Waals surface area contributed by atoms with Crippen molar-refractivity contribution >= 4 is 17.9 Å². The second-order valence-corrected chi connectivity index (χ2v) is 18.5. The van der Waals surface area contributed by atoms with Crippen molar-refractivity contribution in [2.45, 2.75) is 271 Å². The molecule has 6 heteroatoms. The summed E-state index contributed by atoms with van der Waals surface area (Å²) < 4.78 is 16.8. The van der Waals surface area contributed by atoms with Crippen LogP contribution in [0.4, 0.5) is 0 Å². The minimum Gasteiger partial charge on any atom is -0.462 e. The maximum atomic E-state index is 12.9. The molecule has 0 aliphatic rings. The highest BCUT2D eigenvalue weighted by Gasteiger charge is 2.19. The standard InChI is InChI=1S/C61H104O6/c1-4-7-10-13-16-19-22-25-28-29-30-31-34-37-40-43-46-49-52-55-61(64)67-58(56-65-59(62)53-50-47-44-41-38-35-32-26-23-20-17-14-11-8-5-2)57-66-60(63)54-51-48-45-42-39-36-33-27-24-21-18-15-12-9-6-3/h8,11,16-17,19-20,25-28,32-33,38,41,58H,4-7,9-10,12-15,18,21-24,29-31,34-37,39-40,42-57H2,1-3H3/b11-8-,19-16-,20-17-,28-25-,32-26-,33-27-,41-38-. The van der Waals surface area contributed by atoms with Gasteiger partial charge in [0.2, 0.25) is 0 Å². The number of esters is 3. The van der Waals surface area contributed by atoms with Gasteiger partial charge in [0.25, 0.3) is 0 Å². The molecule has 0 saturated heterocycles. The van der Waals surface area contributed by atoms with Gasteiger partial charge in [-0.3, -0.25) is 14.4 Å². The van der Waals surface area contributed by atoms with Crippen LogP contribution >= 0.6 is 0 Å². The summed E-state index contributed by atoms with van der Waals surface area (Å²) in [6, 6.07) is 0. The Labute approximate surface area is 414 Å². The molecular formula is C61H104O6. The fraction of sp³-hybridized carbons (Fsp3) is 0.721. The summed E-state index contributed by atoms with van der Waals surface area (Å²) >= 11 is 0. The molecule has 0 fully saturated rings. The van der Waals surface area contributed by atoms with E-state index in [9.17, 15) is 14.4 Å². The van der Waals surface area contributed by atoms with E-state index >= 15 is 0 Å². The third kappa shape index (κ3) is 53.4. The van der Waals surface area contributed by atoms with E-state index in [1.807, 2.05) is 0 Å². The summed E-state index contributed by atoms with van der Waals surface area (Å²) in [6.07, 6.45) is 71.4. The number of hydrogen-bond donors (Lipinski definition) is 0. The summed E-state index contributed by atoms with van der Waals surface area (Å²) in [5.74, 6) is -0.947. The Kier molecular flexibility index (Phi) is 52.4. The second-order valence-electron chi connectivity index (χ2n) is 18.5. The highest BCUT2D eigenvalue weighted by molar-refractivity contribution is 5.71. The largest absolute Gasteiger partial charge is 0.462 e. The predicted molar refractivity (Wildman–Crippen MR) is 288 cm³/mol. The minimum absolute atomic E-state index is 0.0957. The fourth-order valence-electron chi connectivity index (χ4n) is 7.63. The van der Waals surface area contributed by atoms with E-state index in [0.717, 1.165) is 96.3 Å². The molecule has 0 amide bonds. The van der Waals surface area contributed by atoms with E-state index in [2.05, 4.69) is 106 Å². The predicted octanol–water partition coefficient (Wildman–Crippen LogP) is 18.8. The number of ether oxygens (including phenoxy) is 3. The zero-order valence-corrected chi connectivity index (χ0v) is 43.9. The zero-order chi connectivity index (χ0) is 48.6. The van der Waals surface area contributed by atoms with Crippen LogP contribution in [0.1, 0.15) is 265 Å². The minimum atomic E-state index is -0.800. The van der Waals surface area contributed by atoms with Gasteiger partial charge in [0, 0.05) is 19.3 Å². The lowest BCUT2D eigenvalue weighted by Gasteiger charge is -2.18. The van der Waals surface area contributed by atoms with Crippen molar-refractivity contribution in [3.8, 4) is 0 Å². The lowest BCUT2D eigenvalue weighted by Crippen LogP contribution is -2.30. The first-order chi connectivity index (χ1) is 33.0. The topological polar surface area (TPSA) is 78.9 Å². The van der Waals surface area contributed by atoms with Crippen LogP contribution in [0.25, 0.3) is 0 Å². The van der Waals surface area contributed by atoms with Crippen LogP contribution in [-0.2, 0) is 28.6 Å². The number of hydrogen-bond acceptors (Lipinski definition) is 6. The van der Waals surface area contributed by atoms with Gasteiger partial charge < -0.3 is 14.2 Å². The molecule has 1 unspecified atom stereocenters. The lowest BCUT2D eigenvalue weighted by atomic mass is 10.1. The molecule has 0 aromatic rings. The molecule has 6 nitrogen and oxygen atoms in total. The maximum Gasteiger partial charge on any atom is 0.306 e. The average molecular weight is 933 g/mol. The van der Waals surface area contributed by atoms with Crippen molar-refractivity contribution in [2.75, 3.05) is 13.2 Å². The number of carbonyl (C=O) groups is 3. The molecule has 384 valence electrons. The fourth-order valence-corrected chi connectivity index (χ4v) is 7.63. The van der Waals surface area contributed by atoms with Gasteiger partial charge in [0.1, 0.15) is 13.2 Å². The Morgan fingerprint density at radius 3 is 0.985 bits per heavy atom. The van der Waals surface area contributed by atoms with Crippen LogP contribution in [0.5, 0.6) is 0 Å². The van der Waals surface area contributed by atoms with E-state index in [0.29, 0.717) is 19.3 Å². The summed E-state index contributed by atoms with van der Waals surface area (Å²) in [5, 5.41) is 0. The average Bonchev–Trinajstić information content (AvgIpc) is 3.33. The molecule has 0 aromatic heterocycles. The van der Waals surface area contributed by atoms with Crippen molar-refractivity contribution in [3.63, 3.8) is 0 Å². The van der Waals surface area contributed by atoms with E-state index in [1.54, 1.807) is 0 Å². The monoisotopic (exact) mass is 933 g/mol. The highest BCUT2D eigenvalue weighted by Crippen LogP contribution is 2.14. The molecule has 0 N–H and O–H groups in total. The Morgan fingerprint density at radius 1 is 0.313 bits per heavy atom. The first-order valence-corrected chi connectivity index (χ1v) is 28.1. The molecule has 0 aromatic carbocycles. The molecule has 0 bridgehead atoms. The number of allylic oxidation sites excluding steroid dienone is 14. The van der Waals surface area contributed by atoms with Crippen LogP contribution in [-0.4, -0.2) is 37.2 Å². The second kappa shape index (κ2) is 55.2. The van der Waals surface area contributed by atoms with Crippen molar-refractivity contribution in [3.05, 3.63) is 85.1 Å². The molecule has 0 radical (unpaired) electrons. The summed E-state index contributed by atoms with van der Waals surface area (Å²) in [7, 11) is 0. The number of unbranched alkanes of at least 4 members (excludes halogenated alkanes) is 25. The molecule has 0 saturated carbocycles. The van der Waals surface area contributed by atoms with Gasteiger partial charge >= 0.3 is 17.9 Å². The van der Waals surface area contributed by atoms with Crippen LogP contribution in [0.15, 0.2) is 85.1 Å². The normalized spacial score (nSPS) is 12.7. The third-order valence-corrected chi connectivity index (χ3v) is 11.9. The van der Waals surface area contributed by atoms with Crippen molar-refractivity contribution < 1.29 is 28.6 Å². The van der Waals surface area contributed by atoms with Crippen molar-refractivity contribution in [1.29, 1.82) is 0 Å². The number of carbonyl (C=O) groups excluding carboxylic acids is 3. The van der Waals surface area contributed by atoms with Gasteiger partial charge in [-0.2, -0.15) is 0 Å². The van der Waals surface area contributed by atoms with E-state index in [1.165, 1.54) is 128 Å². The van der Waals surface area contributed by atoms with Gasteiger partial charge in [0.15, 0.2) is 6.10 Å². The Balaban J connectivity index is 4.45. The highest BCUT2D eigenvalue weighted by atomic mass is 16.6. The third-order valence-electron chi connectivity index (χ3n) is 11.9. The van der Waals surface area contributed by atoms with E-state index in [4.69, 9.17) is 14.2 Å². The molecule has 1 atom stereocenters. The maximum absolute atomic E-state index is 12.9. The Morgan fingerprint density at radius 2 is 0.582 bits per heavy atom. The molecule has 0 rings (SSSR count). The van der Waals surface area contributed by atoms with E-state index < -0.39 is 6.10 Å². The van der Waals surface area contributed by atoms with Gasteiger partial charge in [-0.15, -0.1) is 0 Å². The first kappa shape index (κ1) is 63.6. The Bertz CT molecular complexity index is 1300. The molecule has 0 aliphatic heterocycles. The van der Waals surface area contributed by atoms with Crippen molar-refractivity contribution in [1.82, 2.24) is 0 Å². The van der Waals surface area contributed by atoms with E-state index in [-0.39, 0.29) is 31.1 Å². The van der Waals surface area contributed by atoms with Gasteiger partial charge in [-0.1, -0.05) is 215 Å². The van der Waals surface area contributed by atoms with Gasteiger partial charge in [-0.05, 0) is 116 Å². The Hall–Kier alpha value is -3.41. The summed E-state index contributed by atoms with van der Waals surface area (Å²) in [6.45, 7) is 6.46. The van der Waals surface area contributed by atoms with Crippen molar-refractivity contribution in [2.24, 2.45) is 0 Å². The molecular weight excluding hydrogens is 829 g/mol. The SMILES string of the molecule is CC/C=C\C/C=C\C/C=C\C/C=C\CCCCC(=O)OCC(COC(=O)CCCCCCC/C=C\CCCCCCCC)OC(=O)CCCCCCCCCCC/C=C\C/C=C\CCCCC. The van der Waals surface area contributed by atoms with Crippen LogP contribution in [0.3, 0.4) is 0 Å². The van der Waals surface area contributed by atoms with Crippen LogP contribution in [0.2, 0.25) is 0 Å². The summed E-state index contributed by atoms with van der Waals surface area (Å²) in [5.41, 5.74) is 0. The van der Waals surface area contributed by atoms with Crippen LogP contribution < -0.4 is 0 Å². The lowest BCUT2D eigenvalue weighted by molar-refractivity contribution is -0.167. The summed E-state index contributed by atoms with van der Waals surface area (Å²) in [4.78, 5) is 38.1. The molecule has 0 aliphatic carbocycles. The van der Waals surface area contributed by atoms with Gasteiger partial charge in [-0.25, -0.2) is 0 Å². The molecule has 0 heterocycles. The zero-order valence-electron chi connectivity index (χ0n) is 43.9. The molecule has 0 spiro atoms.